The molecule has 11 aromatic carbocycles. The molecule has 0 atom stereocenters. The molecule has 0 radical (unpaired) electrons. The first-order valence-corrected chi connectivity index (χ1v) is 19.4. The van der Waals surface area contributed by atoms with Crippen molar-refractivity contribution in [2.24, 2.45) is 0 Å². The van der Waals surface area contributed by atoms with Gasteiger partial charge in [0.1, 0.15) is 11.5 Å². The van der Waals surface area contributed by atoms with Crippen molar-refractivity contribution in [2.45, 2.75) is 0 Å². The van der Waals surface area contributed by atoms with E-state index < -0.39 is 0 Å². The molecule has 57 heavy (non-hydrogen) atoms. The van der Waals surface area contributed by atoms with Gasteiger partial charge in [-0.25, -0.2) is 0 Å². The molecule has 1 aliphatic heterocycles. The molecule has 0 aromatic heterocycles. The van der Waals surface area contributed by atoms with Gasteiger partial charge in [0, 0.05) is 16.3 Å². The fourth-order valence-corrected chi connectivity index (χ4v) is 9.54. The van der Waals surface area contributed by atoms with Crippen molar-refractivity contribution in [3.63, 3.8) is 0 Å². The lowest BCUT2D eigenvalue weighted by Gasteiger charge is -2.22. The summed E-state index contributed by atoms with van der Waals surface area (Å²) >= 11 is 0. The molecular weight excluding hydrogens is 691 g/mol. The minimum atomic E-state index is 0.656. The predicted octanol–water partition coefficient (Wildman–Crippen LogP) is 15.3. The van der Waals surface area contributed by atoms with Crippen molar-refractivity contribution in [1.29, 1.82) is 5.26 Å². The first-order chi connectivity index (χ1) is 28.2. The Morgan fingerprint density at radius 2 is 0.825 bits per heavy atom. The van der Waals surface area contributed by atoms with E-state index in [1.54, 1.807) is 0 Å². The monoisotopic (exact) mass is 721 g/mol. The Kier molecular flexibility index (Phi) is 6.73. The van der Waals surface area contributed by atoms with Crippen molar-refractivity contribution in [2.75, 3.05) is 0 Å². The van der Waals surface area contributed by atoms with E-state index in [1.807, 2.05) is 24.3 Å². The first kappa shape index (κ1) is 31.6. The van der Waals surface area contributed by atoms with Crippen LogP contribution in [0.15, 0.2) is 188 Å². The number of fused-ring (bicyclic) bond motifs is 9. The van der Waals surface area contributed by atoms with Gasteiger partial charge < -0.3 is 4.74 Å². The maximum Gasteiger partial charge on any atom is 0.135 e. The van der Waals surface area contributed by atoms with Gasteiger partial charge >= 0.3 is 0 Å². The maximum absolute atomic E-state index is 9.77. The summed E-state index contributed by atoms with van der Waals surface area (Å²) in [5.41, 5.74) is 9.96. The molecule has 0 spiro atoms. The minimum absolute atomic E-state index is 0.656. The van der Waals surface area contributed by atoms with Crippen LogP contribution < -0.4 is 4.74 Å². The van der Waals surface area contributed by atoms with E-state index in [2.05, 4.69) is 170 Å². The Labute approximate surface area is 329 Å². The fourth-order valence-electron chi connectivity index (χ4n) is 9.54. The number of nitriles is 1. The van der Waals surface area contributed by atoms with Crippen LogP contribution in [0.5, 0.6) is 11.5 Å². The Balaban J connectivity index is 1.06. The van der Waals surface area contributed by atoms with E-state index >= 15 is 0 Å². The molecule has 0 saturated carbocycles. The summed E-state index contributed by atoms with van der Waals surface area (Å²) in [7, 11) is 0. The summed E-state index contributed by atoms with van der Waals surface area (Å²) in [5.74, 6) is 1.60. The molecule has 1 aliphatic rings. The fraction of sp³-hybridized carbons (Fsp3) is 0. The molecule has 11 aromatic rings. The Morgan fingerprint density at radius 3 is 1.53 bits per heavy atom. The summed E-state index contributed by atoms with van der Waals surface area (Å²) in [5, 5.41) is 24.1. The summed E-state index contributed by atoms with van der Waals surface area (Å²) in [4.78, 5) is 0. The van der Waals surface area contributed by atoms with Gasteiger partial charge in [0.15, 0.2) is 0 Å². The van der Waals surface area contributed by atoms with Gasteiger partial charge in [0.25, 0.3) is 0 Å². The molecule has 262 valence electrons. The summed E-state index contributed by atoms with van der Waals surface area (Å²) < 4.78 is 6.59. The van der Waals surface area contributed by atoms with E-state index in [0.717, 1.165) is 44.5 Å². The van der Waals surface area contributed by atoms with E-state index in [4.69, 9.17) is 4.74 Å². The average Bonchev–Trinajstić information content (AvgIpc) is 3.28. The van der Waals surface area contributed by atoms with Gasteiger partial charge in [-0.2, -0.15) is 5.26 Å². The summed E-state index contributed by atoms with van der Waals surface area (Å²) in [6, 6.07) is 70.1. The number of benzene rings is 11. The van der Waals surface area contributed by atoms with Crippen LogP contribution in [0, 0.1) is 11.3 Å². The molecule has 1 heterocycles. The van der Waals surface area contributed by atoms with Crippen LogP contribution in [-0.2, 0) is 0 Å². The van der Waals surface area contributed by atoms with Gasteiger partial charge in [0.2, 0.25) is 0 Å². The van der Waals surface area contributed by atoms with Crippen LogP contribution in [0.4, 0.5) is 0 Å². The van der Waals surface area contributed by atoms with Crippen LogP contribution in [0.25, 0.3) is 109 Å². The third-order valence-corrected chi connectivity index (χ3v) is 12.1. The molecule has 0 fully saturated rings. The lowest BCUT2D eigenvalue weighted by Crippen LogP contribution is -1.98. The second-order valence-corrected chi connectivity index (χ2v) is 15.0. The first-order valence-electron chi connectivity index (χ1n) is 19.4. The normalized spacial score (nSPS) is 12.0. The quantitative estimate of drug-likeness (QED) is 0.170. The zero-order chi connectivity index (χ0) is 37.6. The molecule has 0 N–H and O–H groups in total. The number of ether oxygens (including phenoxy) is 1. The van der Waals surface area contributed by atoms with Crippen LogP contribution in [0.2, 0.25) is 0 Å². The number of nitrogens with zero attached hydrogens (tertiary/aromatic N) is 1. The van der Waals surface area contributed by atoms with Gasteiger partial charge in [-0.3, -0.25) is 0 Å². The highest BCUT2D eigenvalue weighted by molar-refractivity contribution is 6.26. The van der Waals surface area contributed by atoms with Crippen LogP contribution in [0.3, 0.4) is 0 Å². The van der Waals surface area contributed by atoms with E-state index in [0.29, 0.717) is 5.56 Å². The van der Waals surface area contributed by atoms with Gasteiger partial charge in [0.05, 0.1) is 11.6 Å². The summed E-state index contributed by atoms with van der Waals surface area (Å²) in [6.07, 6.45) is 0. The lowest BCUT2D eigenvalue weighted by molar-refractivity contribution is 0.487. The van der Waals surface area contributed by atoms with Gasteiger partial charge in [-0.1, -0.05) is 152 Å². The Morgan fingerprint density at radius 1 is 0.316 bits per heavy atom. The highest BCUT2D eigenvalue weighted by Gasteiger charge is 2.23. The Hall–Kier alpha value is -7.73. The maximum atomic E-state index is 9.77. The van der Waals surface area contributed by atoms with Gasteiger partial charge in [-0.15, -0.1) is 0 Å². The Bertz CT molecular complexity index is 3560. The molecule has 0 amide bonds. The van der Waals surface area contributed by atoms with Crippen LogP contribution in [-0.4, -0.2) is 0 Å². The van der Waals surface area contributed by atoms with Crippen LogP contribution in [0.1, 0.15) is 5.56 Å². The standard InChI is InChI=1S/C55H31NO/c56-32-35-24-26-48-47-25-23-34(29-54(47)57-53-22-10-20-38(35)55(48)53)37-27-28-46(41-15-4-3-14-39(37)41)50-31-52-44-18-7-5-16-42(44)49(30-51(52)45-19-8-6-17-43(45)50)40-21-9-12-33-11-1-2-13-36(33)40/h1-31H. The molecule has 0 unspecified atom stereocenters. The third kappa shape index (κ3) is 4.64. The van der Waals surface area contributed by atoms with Crippen molar-refractivity contribution < 1.29 is 4.74 Å². The molecule has 0 bridgehead atoms. The lowest BCUT2D eigenvalue weighted by atomic mass is 9.85. The van der Waals surface area contributed by atoms with Crippen molar-refractivity contribution in [1.82, 2.24) is 0 Å². The highest BCUT2D eigenvalue weighted by Crippen LogP contribution is 2.50. The molecule has 2 heteroatoms. The second kappa shape index (κ2) is 12.1. The predicted molar refractivity (Wildman–Crippen MR) is 238 cm³/mol. The number of hydrogen-bond acceptors (Lipinski definition) is 2. The minimum Gasteiger partial charge on any atom is -0.456 e. The summed E-state index contributed by atoms with van der Waals surface area (Å²) in [6.45, 7) is 0. The van der Waals surface area contributed by atoms with Gasteiger partial charge in [-0.05, 0) is 129 Å². The highest BCUT2D eigenvalue weighted by atomic mass is 16.5. The third-order valence-electron chi connectivity index (χ3n) is 12.1. The molecule has 2 nitrogen and oxygen atoms in total. The molecule has 12 rings (SSSR count). The van der Waals surface area contributed by atoms with E-state index in [9.17, 15) is 5.26 Å². The zero-order valence-electron chi connectivity index (χ0n) is 30.8. The molecular formula is C55H31NO. The molecule has 0 aliphatic carbocycles. The van der Waals surface area contributed by atoms with Crippen molar-refractivity contribution >= 4 is 64.6 Å². The topological polar surface area (TPSA) is 33.0 Å². The number of rotatable bonds is 3. The number of hydrogen-bond donors (Lipinski definition) is 0. The smallest absolute Gasteiger partial charge is 0.135 e. The van der Waals surface area contributed by atoms with Crippen molar-refractivity contribution in [3.8, 4) is 62.1 Å². The van der Waals surface area contributed by atoms with E-state index in [-0.39, 0.29) is 0 Å². The van der Waals surface area contributed by atoms with E-state index in [1.165, 1.54) is 76.1 Å². The zero-order valence-corrected chi connectivity index (χ0v) is 30.8. The van der Waals surface area contributed by atoms with Crippen LogP contribution >= 0.6 is 0 Å². The second-order valence-electron chi connectivity index (χ2n) is 15.0. The SMILES string of the molecule is N#Cc1ccc2c3c(cccc13)Oc1cc(-c3ccc(-c4cc5c6ccccc6c(-c6cccc7ccccc67)cc5c5ccccc45)c4ccccc34)ccc1-2. The largest absolute Gasteiger partial charge is 0.456 e. The molecule has 0 saturated heterocycles. The average molecular weight is 722 g/mol. The van der Waals surface area contributed by atoms with Crippen molar-refractivity contribution in [3.05, 3.63) is 194 Å².